The van der Waals surface area contributed by atoms with Gasteiger partial charge in [0, 0.05) is 49.2 Å². The van der Waals surface area contributed by atoms with Gasteiger partial charge in [-0.3, -0.25) is 28.8 Å². The highest BCUT2D eigenvalue weighted by molar-refractivity contribution is 7.09. The zero-order valence-corrected chi connectivity index (χ0v) is 29.0. The zero-order chi connectivity index (χ0) is 36.6. The van der Waals surface area contributed by atoms with Gasteiger partial charge in [-0.25, -0.2) is 0 Å². The van der Waals surface area contributed by atoms with E-state index < -0.39 is 48.2 Å². The minimum atomic E-state index is -1.19. The zero-order valence-electron chi connectivity index (χ0n) is 28.1. The van der Waals surface area contributed by atoms with Gasteiger partial charge in [-0.05, 0) is 47.2 Å². The molecule has 1 aromatic heterocycles. The van der Waals surface area contributed by atoms with E-state index in [2.05, 4.69) is 26.6 Å². The number of rotatable bonds is 18. The molecule has 0 saturated heterocycles. The number of anilines is 1. The number of aliphatic carboxylic acids is 1. The summed E-state index contributed by atoms with van der Waals surface area (Å²) in [6.45, 7) is 1.30. The second kappa shape index (κ2) is 19.4. The van der Waals surface area contributed by atoms with Crippen LogP contribution in [0.25, 0.3) is 11.1 Å². The highest BCUT2D eigenvalue weighted by Gasteiger charge is 2.28. The van der Waals surface area contributed by atoms with Crippen LogP contribution in [0.4, 0.5) is 5.69 Å². The molecule has 4 aromatic rings. The number of carboxylic acids is 1. The van der Waals surface area contributed by atoms with Crippen molar-refractivity contribution in [1.82, 2.24) is 21.3 Å². The summed E-state index contributed by atoms with van der Waals surface area (Å²) in [7, 11) is 0. The molecule has 1 heterocycles. The summed E-state index contributed by atoms with van der Waals surface area (Å²) in [5.41, 5.74) is 4.41. The fourth-order valence-corrected chi connectivity index (χ4v) is 5.81. The average Bonchev–Trinajstić information content (AvgIpc) is 3.64. The van der Waals surface area contributed by atoms with Gasteiger partial charge in [0.15, 0.2) is 0 Å². The van der Waals surface area contributed by atoms with Crippen LogP contribution in [0.1, 0.15) is 35.3 Å². The minimum absolute atomic E-state index is 0.0936. The Morgan fingerprint density at radius 2 is 1.31 bits per heavy atom. The smallest absolute Gasteiger partial charge is 0.322 e. The Kier molecular flexibility index (Phi) is 14.4. The third-order valence-corrected chi connectivity index (χ3v) is 8.67. The number of hydrogen-bond donors (Lipinski definition) is 6. The highest BCUT2D eigenvalue weighted by Crippen LogP contribution is 2.20. The van der Waals surface area contributed by atoms with Crippen molar-refractivity contribution in [3.8, 4) is 11.1 Å². The molecular formula is C38H41N5O7S. The number of carboxylic acid groups (broad SMARTS) is 1. The van der Waals surface area contributed by atoms with Crippen LogP contribution in [0.5, 0.6) is 0 Å². The summed E-state index contributed by atoms with van der Waals surface area (Å²) in [5.74, 6) is -3.75. The number of amides is 5. The molecule has 0 radical (unpaired) electrons. The van der Waals surface area contributed by atoms with E-state index in [-0.39, 0.29) is 44.6 Å². The van der Waals surface area contributed by atoms with E-state index in [0.717, 1.165) is 27.1 Å². The van der Waals surface area contributed by atoms with Gasteiger partial charge in [0.05, 0.1) is 0 Å². The normalized spacial score (nSPS) is 11.8. The first-order valence-corrected chi connectivity index (χ1v) is 17.3. The van der Waals surface area contributed by atoms with E-state index in [1.165, 1.54) is 11.3 Å². The predicted molar refractivity (Wildman–Crippen MR) is 195 cm³/mol. The average molecular weight is 712 g/mol. The molecule has 0 unspecified atom stereocenters. The van der Waals surface area contributed by atoms with Crippen LogP contribution in [0, 0.1) is 6.92 Å². The quantitative estimate of drug-likeness (QED) is 0.0912. The van der Waals surface area contributed by atoms with Crippen molar-refractivity contribution in [2.24, 2.45) is 0 Å². The van der Waals surface area contributed by atoms with E-state index in [4.69, 9.17) is 5.11 Å². The first-order chi connectivity index (χ1) is 24.5. The monoisotopic (exact) mass is 711 g/mol. The second-order valence-electron chi connectivity index (χ2n) is 11.9. The van der Waals surface area contributed by atoms with Crippen LogP contribution in [-0.4, -0.2) is 65.8 Å². The molecule has 0 saturated carbocycles. The van der Waals surface area contributed by atoms with E-state index in [0.29, 0.717) is 5.69 Å². The van der Waals surface area contributed by atoms with Crippen molar-refractivity contribution in [2.45, 2.75) is 51.1 Å². The van der Waals surface area contributed by atoms with Crippen LogP contribution in [0.15, 0.2) is 96.4 Å². The molecule has 0 aliphatic rings. The lowest BCUT2D eigenvalue weighted by Crippen LogP contribution is -2.55. The molecule has 51 heavy (non-hydrogen) atoms. The molecule has 2 atom stereocenters. The molecule has 4 rings (SSSR count). The molecule has 6 N–H and O–H groups in total. The van der Waals surface area contributed by atoms with E-state index in [1.54, 1.807) is 12.1 Å². The number of nitrogens with one attached hydrogen (secondary N) is 5. The lowest BCUT2D eigenvalue weighted by molar-refractivity contribution is -0.138. The fraction of sp³-hybridized carbons (Fsp3) is 0.263. The number of aryl methyl sites for hydroxylation is 1. The topological polar surface area (TPSA) is 183 Å². The third kappa shape index (κ3) is 13.2. The van der Waals surface area contributed by atoms with Crippen molar-refractivity contribution in [1.29, 1.82) is 0 Å². The van der Waals surface area contributed by atoms with Gasteiger partial charge >= 0.3 is 5.97 Å². The predicted octanol–water partition coefficient (Wildman–Crippen LogP) is 3.60. The van der Waals surface area contributed by atoms with Crippen molar-refractivity contribution < 1.29 is 33.9 Å². The SMILES string of the molecule is Cc1ccc(NC(=O)CCC(=O)N[C@H](Cc2cccs2)C(=O)N[C@@H](Cc2ccc(-c3ccccc3)cc2)C(=O)NCCC(=O)NCC(=O)O)cc1. The maximum atomic E-state index is 13.8. The lowest BCUT2D eigenvalue weighted by atomic mass is 10.00. The van der Waals surface area contributed by atoms with Gasteiger partial charge in [0.25, 0.3) is 0 Å². The van der Waals surface area contributed by atoms with Gasteiger partial charge in [-0.15, -0.1) is 11.3 Å². The van der Waals surface area contributed by atoms with Gasteiger partial charge in [-0.2, -0.15) is 0 Å². The first kappa shape index (κ1) is 38.0. The standard InChI is InChI=1S/C38H41N5O7S/c1-25-9-15-29(16-10-25)41-34(45)17-18-35(46)42-32(23-30-8-5-21-51-30)38(50)43-31(37(49)39-20-19-33(44)40-24-36(47)48)22-26-11-13-28(14-12-26)27-6-3-2-4-7-27/h2-16,21,31-32H,17-20,22-24H2,1H3,(H,39,49)(H,40,44)(H,41,45)(H,42,46)(H,43,50)(H,47,48)/t31-,32+/m0/s1. The van der Waals surface area contributed by atoms with Crippen LogP contribution in [0.3, 0.4) is 0 Å². The second-order valence-corrected chi connectivity index (χ2v) is 12.9. The number of benzene rings is 3. The summed E-state index contributed by atoms with van der Waals surface area (Å²) < 4.78 is 0. The van der Waals surface area contributed by atoms with Crippen LogP contribution in [0.2, 0.25) is 0 Å². The number of thiophene rings is 1. The van der Waals surface area contributed by atoms with Crippen LogP contribution >= 0.6 is 11.3 Å². The summed E-state index contributed by atoms with van der Waals surface area (Å²) in [6.07, 6.45) is -0.157. The Bertz CT molecular complexity index is 1780. The van der Waals surface area contributed by atoms with Gasteiger partial charge in [0.1, 0.15) is 18.6 Å². The number of hydrogen-bond acceptors (Lipinski definition) is 7. The molecule has 3 aromatic carbocycles. The molecule has 266 valence electrons. The van der Waals surface area contributed by atoms with Crippen LogP contribution in [-0.2, 0) is 41.6 Å². The first-order valence-electron chi connectivity index (χ1n) is 16.4. The van der Waals surface area contributed by atoms with E-state index >= 15 is 0 Å². The molecule has 5 amide bonds. The van der Waals surface area contributed by atoms with Crippen molar-refractivity contribution in [2.75, 3.05) is 18.4 Å². The number of carbonyl (C=O) groups is 6. The Morgan fingerprint density at radius 3 is 1.98 bits per heavy atom. The maximum Gasteiger partial charge on any atom is 0.322 e. The Morgan fingerprint density at radius 1 is 0.647 bits per heavy atom. The number of carbonyl (C=O) groups excluding carboxylic acids is 5. The molecule has 0 bridgehead atoms. The van der Waals surface area contributed by atoms with Crippen molar-refractivity contribution in [3.05, 3.63) is 112 Å². The Balaban J connectivity index is 1.44. The van der Waals surface area contributed by atoms with Gasteiger partial charge in [0.2, 0.25) is 29.5 Å². The molecule has 0 aliphatic heterocycles. The van der Waals surface area contributed by atoms with Gasteiger partial charge < -0.3 is 31.7 Å². The molecule has 0 fully saturated rings. The minimum Gasteiger partial charge on any atom is -0.480 e. The van der Waals surface area contributed by atoms with Crippen molar-refractivity contribution >= 4 is 52.5 Å². The molecule has 12 nitrogen and oxygen atoms in total. The lowest BCUT2D eigenvalue weighted by Gasteiger charge is -2.23. The van der Waals surface area contributed by atoms with E-state index in [9.17, 15) is 28.8 Å². The molecule has 13 heteroatoms. The maximum absolute atomic E-state index is 13.8. The summed E-state index contributed by atoms with van der Waals surface area (Å²) in [5, 5.41) is 23.8. The van der Waals surface area contributed by atoms with Gasteiger partial charge in [-0.1, -0.05) is 78.4 Å². The molecule has 0 spiro atoms. The third-order valence-electron chi connectivity index (χ3n) is 7.77. The summed E-state index contributed by atoms with van der Waals surface area (Å²) in [6, 6.07) is 26.1. The summed E-state index contributed by atoms with van der Waals surface area (Å²) >= 11 is 1.41. The fourth-order valence-electron chi connectivity index (χ4n) is 5.06. The Hall–Kier alpha value is -5.82. The van der Waals surface area contributed by atoms with E-state index in [1.807, 2.05) is 91.2 Å². The largest absolute Gasteiger partial charge is 0.480 e. The highest BCUT2D eigenvalue weighted by atomic mass is 32.1. The van der Waals surface area contributed by atoms with Crippen molar-refractivity contribution in [3.63, 3.8) is 0 Å². The Labute approximate surface area is 300 Å². The summed E-state index contributed by atoms with van der Waals surface area (Å²) in [4.78, 5) is 76.3. The molecular weight excluding hydrogens is 671 g/mol. The molecule has 0 aliphatic carbocycles. The van der Waals surface area contributed by atoms with Crippen LogP contribution < -0.4 is 26.6 Å².